The predicted molar refractivity (Wildman–Crippen MR) is 87.1 cm³/mol. The zero-order valence-corrected chi connectivity index (χ0v) is 13.4. The Bertz CT molecular complexity index is 620. The highest BCUT2D eigenvalue weighted by molar-refractivity contribution is 5.89. The van der Waals surface area contributed by atoms with Crippen LogP contribution in [0.3, 0.4) is 0 Å². The maximum Gasteiger partial charge on any atom is 0.225 e. The Labute approximate surface area is 131 Å². The number of benzene rings is 1. The van der Waals surface area contributed by atoms with Crippen molar-refractivity contribution in [2.75, 3.05) is 11.9 Å². The quantitative estimate of drug-likeness (QED) is 0.795. The molecular weight excluding hydrogens is 278 g/mol. The summed E-state index contributed by atoms with van der Waals surface area (Å²) < 4.78 is 7.43. The molecule has 0 aliphatic heterocycles. The maximum absolute atomic E-state index is 11.9. The summed E-state index contributed by atoms with van der Waals surface area (Å²) in [5.74, 6) is 1.56. The molecule has 0 unspecified atom stereocenters. The lowest BCUT2D eigenvalue weighted by Crippen LogP contribution is -2.17. The van der Waals surface area contributed by atoms with Crippen LogP contribution in [0.2, 0.25) is 0 Å². The van der Waals surface area contributed by atoms with Crippen molar-refractivity contribution >= 4 is 11.7 Å². The van der Waals surface area contributed by atoms with Crippen LogP contribution in [0, 0.1) is 6.92 Å². The van der Waals surface area contributed by atoms with E-state index < -0.39 is 0 Å². The highest BCUT2D eigenvalue weighted by Crippen LogP contribution is 2.14. The monoisotopic (exact) mass is 301 g/mol. The van der Waals surface area contributed by atoms with Gasteiger partial charge in [-0.3, -0.25) is 4.79 Å². The van der Waals surface area contributed by atoms with E-state index in [1.165, 1.54) is 0 Å². The summed E-state index contributed by atoms with van der Waals surface area (Å²) in [5, 5.41) is 7.08. The van der Waals surface area contributed by atoms with Crippen LogP contribution >= 0.6 is 0 Å². The number of aromatic nitrogens is 2. The average Bonchev–Trinajstić information content (AvgIpc) is 2.92. The minimum atomic E-state index is -0.0183. The van der Waals surface area contributed by atoms with Crippen molar-refractivity contribution in [3.8, 4) is 5.75 Å². The second kappa shape index (κ2) is 7.64. The number of aryl methyl sites for hydroxylation is 1. The van der Waals surface area contributed by atoms with Gasteiger partial charge in [-0.2, -0.15) is 5.10 Å². The van der Waals surface area contributed by atoms with E-state index in [2.05, 4.69) is 10.4 Å². The van der Waals surface area contributed by atoms with Gasteiger partial charge in [0.2, 0.25) is 5.91 Å². The molecule has 2 rings (SSSR count). The molecule has 1 aromatic heterocycles. The molecule has 0 fully saturated rings. The zero-order valence-electron chi connectivity index (χ0n) is 13.4. The Morgan fingerprint density at radius 1 is 1.36 bits per heavy atom. The van der Waals surface area contributed by atoms with Crippen molar-refractivity contribution < 1.29 is 9.53 Å². The molecule has 0 spiro atoms. The number of carbonyl (C=O) groups excluding carboxylic acids is 1. The summed E-state index contributed by atoms with van der Waals surface area (Å²) in [6, 6.07) is 9.93. The minimum absolute atomic E-state index is 0.0183. The van der Waals surface area contributed by atoms with Crippen molar-refractivity contribution in [1.29, 1.82) is 0 Å². The summed E-state index contributed by atoms with van der Waals surface area (Å²) >= 11 is 0. The normalized spacial score (nSPS) is 10.7. The molecule has 0 saturated carbocycles. The number of hydrogen-bond acceptors (Lipinski definition) is 3. The van der Waals surface area contributed by atoms with E-state index in [-0.39, 0.29) is 11.9 Å². The Hall–Kier alpha value is -2.30. The number of ether oxygens (including phenoxy) is 1. The van der Waals surface area contributed by atoms with Crippen LogP contribution < -0.4 is 10.1 Å². The van der Waals surface area contributed by atoms with Gasteiger partial charge in [-0.15, -0.1) is 0 Å². The van der Waals surface area contributed by atoms with E-state index in [9.17, 15) is 4.79 Å². The molecule has 0 aliphatic rings. The van der Waals surface area contributed by atoms with Gasteiger partial charge in [0.05, 0.1) is 12.8 Å². The summed E-state index contributed by atoms with van der Waals surface area (Å²) in [5.41, 5.74) is 1.16. The second-order valence-corrected chi connectivity index (χ2v) is 5.57. The maximum atomic E-state index is 11.9. The SMILES string of the molecule is Cc1cccc(OCCCC(=O)Nc2ccnn2C(C)C)c1. The van der Waals surface area contributed by atoms with E-state index >= 15 is 0 Å². The van der Waals surface area contributed by atoms with Crippen LogP contribution in [0.15, 0.2) is 36.5 Å². The standard InChI is InChI=1S/C17H23N3O2/c1-13(2)20-16(9-10-18-20)19-17(21)8-5-11-22-15-7-4-6-14(3)12-15/h4,6-7,9-10,12-13H,5,8,11H2,1-3H3,(H,19,21). The molecule has 0 atom stereocenters. The van der Waals surface area contributed by atoms with E-state index in [4.69, 9.17) is 4.74 Å². The molecule has 1 amide bonds. The Balaban J connectivity index is 1.73. The topological polar surface area (TPSA) is 56.1 Å². The third-order valence-electron chi connectivity index (χ3n) is 3.23. The summed E-state index contributed by atoms with van der Waals surface area (Å²) in [4.78, 5) is 11.9. The lowest BCUT2D eigenvalue weighted by molar-refractivity contribution is -0.116. The molecule has 0 aliphatic carbocycles. The molecule has 1 heterocycles. The van der Waals surface area contributed by atoms with Crippen molar-refractivity contribution in [3.05, 3.63) is 42.1 Å². The molecule has 0 bridgehead atoms. The first-order chi connectivity index (χ1) is 10.6. The smallest absolute Gasteiger partial charge is 0.225 e. The first-order valence-corrected chi connectivity index (χ1v) is 7.59. The van der Waals surface area contributed by atoms with Gasteiger partial charge in [0, 0.05) is 18.5 Å². The van der Waals surface area contributed by atoms with E-state index in [0.717, 1.165) is 17.1 Å². The van der Waals surface area contributed by atoms with Gasteiger partial charge in [-0.1, -0.05) is 12.1 Å². The third kappa shape index (κ3) is 4.62. The zero-order chi connectivity index (χ0) is 15.9. The second-order valence-electron chi connectivity index (χ2n) is 5.57. The lowest BCUT2D eigenvalue weighted by Gasteiger charge is -2.12. The fraction of sp³-hybridized carbons (Fsp3) is 0.412. The van der Waals surface area contributed by atoms with Gasteiger partial charge < -0.3 is 10.1 Å². The minimum Gasteiger partial charge on any atom is -0.494 e. The Morgan fingerprint density at radius 2 is 2.18 bits per heavy atom. The van der Waals surface area contributed by atoms with Crippen LogP contribution in [0.1, 0.15) is 38.3 Å². The molecule has 1 aromatic carbocycles. The van der Waals surface area contributed by atoms with Gasteiger partial charge >= 0.3 is 0 Å². The molecule has 0 radical (unpaired) electrons. The highest BCUT2D eigenvalue weighted by Gasteiger charge is 2.09. The molecule has 5 nitrogen and oxygen atoms in total. The summed E-state index contributed by atoms with van der Waals surface area (Å²) in [7, 11) is 0. The molecule has 5 heteroatoms. The largest absolute Gasteiger partial charge is 0.494 e. The Kier molecular flexibility index (Phi) is 5.58. The molecule has 0 saturated heterocycles. The molecular formula is C17H23N3O2. The van der Waals surface area contributed by atoms with Crippen molar-refractivity contribution in [3.63, 3.8) is 0 Å². The predicted octanol–water partition coefficient (Wildman–Crippen LogP) is 3.57. The van der Waals surface area contributed by atoms with E-state index in [0.29, 0.717) is 19.4 Å². The van der Waals surface area contributed by atoms with E-state index in [1.807, 2.05) is 45.0 Å². The van der Waals surface area contributed by atoms with Crippen molar-refractivity contribution in [1.82, 2.24) is 9.78 Å². The molecule has 118 valence electrons. The number of amides is 1. The first kappa shape index (κ1) is 16.1. The summed E-state index contributed by atoms with van der Waals surface area (Å²) in [6.07, 6.45) is 2.79. The number of hydrogen-bond donors (Lipinski definition) is 1. The Morgan fingerprint density at radius 3 is 2.91 bits per heavy atom. The number of rotatable bonds is 7. The fourth-order valence-electron chi connectivity index (χ4n) is 2.16. The number of carbonyl (C=O) groups is 1. The summed E-state index contributed by atoms with van der Waals surface area (Å²) in [6.45, 7) is 6.61. The van der Waals surface area contributed by atoms with Crippen molar-refractivity contribution in [2.45, 2.75) is 39.7 Å². The fourth-order valence-corrected chi connectivity index (χ4v) is 2.16. The molecule has 1 N–H and O–H groups in total. The van der Waals surface area contributed by atoms with Gasteiger partial charge in [-0.05, 0) is 44.9 Å². The first-order valence-electron chi connectivity index (χ1n) is 7.59. The van der Waals surface area contributed by atoms with Gasteiger partial charge in [0.25, 0.3) is 0 Å². The lowest BCUT2D eigenvalue weighted by atomic mass is 10.2. The van der Waals surface area contributed by atoms with Gasteiger partial charge in [-0.25, -0.2) is 4.68 Å². The number of anilines is 1. The van der Waals surface area contributed by atoms with Crippen LogP contribution in [0.4, 0.5) is 5.82 Å². The third-order valence-corrected chi connectivity index (χ3v) is 3.23. The number of nitrogens with zero attached hydrogens (tertiary/aromatic N) is 2. The van der Waals surface area contributed by atoms with Gasteiger partial charge in [0.1, 0.15) is 11.6 Å². The van der Waals surface area contributed by atoms with Crippen LogP contribution in [0.25, 0.3) is 0 Å². The number of nitrogens with one attached hydrogen (secondary N) is 1. The van der Waals surface area contributed by atoms with E-state index in [1.54, 1.807) is 16.9 Å². The van der Waals surface area contributed by atoms with Crippen LogP contribution in [0.5, 0.6) is 5.75 Å². The molecule has 22 heavy (non-hydrogen) atoms. The highest BCUT2D eigenvalue weighted by atomic mass is 16.5. The van der Waals surface area contributed by atoms with Crippen molar-refractivity contribution in [2.24, 2.45) is 0 Å². The average molecular weight is 301 g/mol. The molecule has 2 aromatic rings. The van der Waals surface area contributed by atoms with Crippen LogP contribution in [-0.2, 0) is 4.79 Å². The van der Waals surface area contributed by atoms with Crippen LogP contribution in [-0.4, -0.2) is 22.3 Å². The van der Waals surface area contributed by atoms with Gasteiger partial charge in [0.15, 0.2) is 0 Å².